The molecule has 0 unspecified atom stereocenters. The van der Waals surface area contributed by atoms with Crippen molar-refractivity contribution in [3.05, 3.63) is 22.9 Å². The number of carboxylic acid groups (broad SMARTS) is 1. The van der Waals surface area contributed by atoms with Gasteiger partial charge >= 0.3 is 5.97 Å². The number of aryl methyl sites for hydroxylation is 2. The summed E-state index contributed by atoms with van der Waals surface area (Å²) in [6.07, 6.45) is 5.75. The number of nitrogens with zero attached hydrogens (tertiary/aromatic N) is 1. The molecule has 2 aliphatic carbocycles. The van der Waals surface area contributed by atoms with Crippen molar-refractivity contribution in [3.63, 3.8) is 0 Å². The smallest absolute Gasteiger partial charge is 0.339 e. The highest BCUT2D eigenvalue weighted by Crippen LogP contribution is 2.39. The van der Waals surface area contributed by atoms with Crippen LogP contribution in [0.5, 0.6) is 0 Å². The van der Waals surface area contributed by atoms with Gasteiger partial charge in [-0.25, -0.2) is 9.78 Å². The van der Waals surface area contributed by atoms with E-state index in [-0.39, 0.29) is 17.7 Å². The molecule has 0 bridgehead atoms. The van der Waals surface area contributed by atoms with E-state index in [4.69, 9.17) is 0 Å². The Morgan fingerprint density at radius 3 is 2.74 bits per heavy atom. The number of aliphatic hydroxyl groups excluding tert-OH is 1. The number of hydrogen-bond donors (Lipinski definition) is 3. The van der Waals surface area contributed by atoms with Gasteiger partial charge in [0.2, 0.25) is 0 Å². The van der Waals surface area contributed by atoms with Gasteiger partial charge in [-0.2, -0.15) is 0 Å². The average Bonchev–Trinajstić information content (AvgIpc) is 3.18. The summed E-state index contributed by atoms with van der Waals surface area (Å²) in [6.45, 7) is 0.0187. The molecule has 1 aromatic rings. The van der Waals surface area contributed by atoms with Crippen molar-refractivity contribution in [1.82, 2.24) is 4.98 Å². The second-order valence-electron chi connectivity index (χ2n) is 5.57. The molecule has 3 rings (SSSR count). The van der Waals surface area contributed by atoms with Gasteiger partial charge < -0.3 is 15.5 Å². The van der Waals surface area contributed by atoms with Crippen LogP contribution in [0.4, 0.5) is 5.82 Å². The van der Waals surface area contributed by atoms with Crippen LogP contribution < -0.4 is 5.32 Å². The van der Waals surface area contributed by atoms with Crippen molar-refractivity contribution in [1.29, 1.82) is 0 Å². The fraction of sp³-hybridized carbons (Fsp3) is 0.571. The molecule has 1 fully saturated rings. The number of anilines is 1. The van der Waals surface area contributed by atoms with Crippen LogP contribution in [0.3, 0.4) is 0 Å². The Kier molecular flexibility index (Phi) is 2.93. The van der Waals surface area contributed by atoms with Gasteiger partial charge in [0, 0.05) is 5.69 Å². The Balaban J connectivity index is 1.98. The quantitative estimate of drug-likeness (QED) is 0.767. The van der Waals surface area contributed by atoms with Crippen molar-refractivity contribution in [2.45, 2.75) is 44.1 Å². The van der Waals surface area contributed by atoms with Gasteiger partial charge in [-0.1, -0.05) is 0 Å². The van der Waals surface area contributed by atoms with Gasteiger partial charge in [0.25, 0.3) is 0 Å². The Bertz CT molecular complexity index is 524. The first-order valence-electron chi connectivity index (χ1n) is 6.79. The number of carboxylic acids is 1. The second kappa shape index (κ2) is 4.49. The molecule has 0 spiro atoms. The third-order valence-electron chi connectivity index (χ3n) is 4.07. The molecular formula is C14H18N2O3. The fourth-order valence-corrected chi connectivity index (χ4v) is 2.62. The van der Waals surface area contributed by atoms with Crippen molar-refractivity contribution in [2.24, 2.45) is 0 Å². The van der Waals surface area contributed by atoms with E-state index in [1.807, 2.05) is 0 Å². The molecule has 0 atom stereocenters. The van der Waals surface area contributed by atoms with E-state index >= 15 is 0 Å². The van der Waals surface area contributed by atoms with Gasteiger partial charge in [0.1, 0.15) is 11.4 Å². The molecule has 102 valence electrons. The Morgan fingerprint density at radius 2 is 2.11 bits per heavy atom. The van der Waals surface area contributed by atoms with Gasteiger partial charge in [-0.15, -0.1) is 0 Å². The maximum atomic E-state index is 11.4. The maximum Gasteiger partial charge on any atom is 0.339 e. The lowest BCUT2D eigenvalue weighted by Crippen LogP contribution is -2.28. The largest absolute Gasteiger partial charge is 0.478 e. The van der Waals surface area contributed by atoms with E-state index in [9.17, 15) is 15.0 Å². The Labute approximate surface area is 111 Å². The zero-order chi connectivity index (χ0) is 13.5. The van der Waals surface area contributed by atoms with E-state index in [0.717, 1.165) is 49.8 Å². The van der Waals surface area contributed by atoms with Crippen LogP contribution in [-0.2, 0) is 12.8 Å². The third-order valence-corrected chi connectivity index (χ3v) is 4.07. The summed E-state index contributed by atoms with van der Waals surface area (Å²) in [4.78, 5) is 15.9. The number of nitrogens with one attached hydrogen (secondary N) is 1. The number of fused-ring (bicyclic) bond motifs is 1. The lowest BCUT2D eigenvalue weighted by Gasteiger charge is -2.21. The van der Waals surface area contributed by atoms with Crippen LogP contribution in [-0.4, -0.2) is 33.3 Å². The Morgan fingerprint density at radius 1 is 1.37 bits per heavy atom. The highest BCUT2D eigenvalue weighted by Gasteiger charge is 2.43. The summed E-state index contributed by atoms with van der Waals surface area (Å²) in [5.74, 6) is -0.545. The molecule has 5 nitrogen and oxygen atoms in total. The first-order valence-corrected chi connectivity index (χ1v) is 6.79. The molecule has 3 N–H and O–H groups in total. The van der Waals surface area contributed by atoms with E-state index in [1.165, 1.54) is 0 Å². The summed E-state index contributed by atoms with van der Waals surface area (Å²) in [6, 6.07) is 1.75. The van der Waals surface area contributed by atoms with Crippen molar-refractivity contribution in [3.8, 4) is 0 Å². The Hall–Kier alpha value is -1.62. The van der Waals surface area contributed by atoms with Crippen LogP contribution in [0.1, 0.15) is 47.3 Å². The van der Waals surface area contributed by atoms with E-state index < -0.39 is 5.97 Å². The van der Waals surface area contributed by atoms with Crippen LogP contribution in [0, 0.1) is 0 Å². The summed E-state index contributed by atoms with van der Waals surface area (Å²) < 4.78 is 0. The van der Waals surface area contributed by atoms with Gasteiger partial charge in [-0.3, -0.25) is 0 Å². The average molecular weight is 262 g/mol. The fourth-order valence-electron chi connectivity index (χ4n) is 2.62. The molecule has 0 amide bonds. The summed E-state index contributed by atoms with van der Waals surface area (Å²) in [7, 11) is 0. The maximum absolute atomic E-state index is 11.4. The van der Waals surface area contributed by atoms with E-state index in [1.54, 1.807) is 6.07 Å². The highest BCUT2D eigenvalue weighted by molar-refractivity contribution is 5.93. The zero-order valence-corrected chi connectivity index (χ0v) is 10.8. The lowest BCUT2D eigenvalue weighted by atomic mass is 9.94. The van der Waals surface area contributed by atoms with Crippen molar-refractivity contribution < 1.29 is 15.0 Å². The molecule has 1 aromatic heterocycles. The summed E-state index contributed by atoms with van der Waals surface area (Å²) >= 11 is 0. The summed E-state index contributed by atoms with van der Waals surface area (Å²) in [5.41, 5.74) is 1.94. The number of rotatable bonds is 4. The minimum absolute atomic E-state index is 0.0187. The van der Waals surface area contributed by atoms with Crippen molar-refractivity contribution in [2.75, 3.05) is 11.9 Å². The predicted octanol–water partition coefficient (Wildman–Crippen LogP) is 1.60. The highest BCUT2D eigenvalue weighted by atomic mass is 16.4. The molecule has 0 aromatic carbocycles. The van der Waals surface area contributed by atoms with Gasteiger partial charge in [0.05, 0.1) is 12.1 Å². The molecule has 0 aliphatic heterocycles. The number of pyridine rings is 1. The monoisotopic (exact) mass is 262 g/mol. The van der Waals surface area contributed by atoms with Crippen LogP contribution in [0.25, 0.3) is 0 Å². The number of hydrogen-bond acceptors (Lipinski definition) is 4. The number of aliphatic hydroxyl groups is 1. The first-order chi connectivity index (χ1) is 9.13. The van der Waals surface area contributed by atoms with Gasteiger partial charge in [-0.05, 0) is 50.2 Å². The minimum Gasteiger partial charge on any atom is -0.478 e. The normalized spacial score (nSPS) is 19.6. The first kappa shape index (κ1) is 12.4. The predicted molar refractivity (Wildman–Crippen MR) is 70.5 cm³/mol. The molecule has 19 heavy (non-hydrogen) atoms. The summed E-state index contributed by atoms with van der Waals surface area (Å²) in [5, 5.41) is 21.8. The number of carbonyl (C=O) groups is 1. The molecule has 1 heterocycles. The van der Waals surface area contributed by atoms with Crippen molar-refractivity contribution >= 4 is 11.8 Å². The second-order valence-corrected chi connectivity index (χ2v) is 5.57. The third kappa shape index (κ3) is 2.30. The van der Waals surface area contributed by atoms with E-state index in [0.29, 0.717) is 5.82 Å². The minimum atomic E-state index is -0.961. The molecule has 0 saturated heterocycles. The standard InChI is InChI=1S/C14H18N2O3/c17-8-14(5-6-14)16-12-10(13(18)19)7-9-3-1-2-4-11(9)15-12/h7,17H,1-6,8H2,(H,15,16)(H,18,19). The lowest BCUT2D eigenvalue weighted by molar-refractivity contribution is 0.0697. The van der Waals surface area contributed by atoms with Crippen LogP contribution in [0.15, 0.2) is 6.07 Å². The molecular weight excluding hydrogens is 244 g/mol. The zero-order valence-electron chi connectivity index (χ0n) is 10.8. The SMILES string of the molecule is O=C(O)c1cc2c(nc1NC1(CO)CC1)CCCC2. The number of aromatic nitrogens is 1. The van der Waals surface area contributed by atoms with Gasteiger partial charge in [0.15, 0.2) is 0 Å². The van der Waals surface area contributed by atoms with E-state index in [2.05, 4.69) is 10.3 Å². The topological polar surface area (TPSA) is 82.5 Å². The van der Waals surface area contributed by atoms with Crippen LogP contribution in [0.2, 0.25) is 0 Å². The molecule has 2 aliphatic rings. The van der Waals surface area contributed by atoms with Crippen LogP contribution >= 0.6 is 0 Å². The molecule has 0 radical (unpaired) electrons. The number of aromatic carboxylic acids is 1. The molecule has 1 saturated carbocycles. The molecule has 5 heteroatoms.